The van der Waals surface area contributed by atoms with Crippen LogP contribution >= 0.6 is 12.4 Å². The number of fused-ring (bicyclic) bond motifs is 1. The van der Waals surface area contributed by atoms with Crippen LogP contribution in [-0.2, 0) is 0 Å². The first-order valence-corrected chi connectivity index (χ1v) is 3.76. The number of hydrogen-bond acceptors (Lipinski definition) is 3. The Kier molecular flexibility index (Phi) is 3.19. The Bertz CT molecular complexity index is 450. The van der Waals surface area contributed by atoms with Crippen LogP contribution in [0.5, 0.6) is 5.75 Å². The third-order valence-corrected chi connectivity index (χ3v) is 1.76. The number of benzene rings is 1. The summed E-state index contributed by atoms with van der Waals surface area (Å²) in [5.74, 6) is 0.658. The third-order valence-electron chi connectivity index (χ3n) is 1.76. The van der Waals surface area contributed by atoms with Gasteiger partial charge in [0.15, 0.2) is 0 Å². The van der Waals surface area contributed by atoms with Crippen molar-refractivity contribution in [2.75, 3.05) is 7.11 Å². The molecule has 0 spiro atoms. The number of aromatic nitrogens is 2. The second kappa shape index (κ2) is 4.19. The molecule has 0 aliphatic heterocycles. The standard InChI is InChI=1S/C9H7FN2O.ClH/c1-13-7-3-2-6-5-11-9(10)12-8(6)4-7;/h2-5H,1H3;1H. The molecule has 0 unspecified atom stereocenters. The van der Waals surface area contributed by atoms with E-state index in [1.165, 1.54) is 6.20 Å². The molecule has 0 bridgehead atoms. The normalized spacial score (nSPS) is 9.57. The van der Waals surface area contributed by atoms with E-state index in [1.54, 1.807) is 25.3 Å². The molecule has 3 nitrogen and oxygen atoms in total. The highest BCUT2D eigenvalue weighted by Gasteiger charge is 1.99. The van der Waals surface area contributed by atoms with Gasteiger partial charge in [-0.3, -0.25) is 0 Å². The molecule has 0 aliphatic carbocycles. The van der Waals surface area contributed by atoms with Gasteiger partial charge in [0.1, 0.15) is 5.75 Å². The van der Waals surface area contributed by atoms with Crippen LogP contribution in [0.15, 0.2) is 24.4 Å². The summed E-state index contributed by atoms with van der Waals surface area (Å²) >= 11 is 0. The van der Waals surface area contributed by atoms with Gasteiger partial charge in [-0.25, -0.2) is 9.97 Å². The van der Waals surface area contributed by atoms with Gasteiger partial charge in [0.2, 0.25) is 0 Å². The van der Waals surface area contributed by atoms with E-state index in [0.717, 1.165) is 5.39 Å². The highest BCUT2D eigenvalue weighted by molar-refractivity contribution is 5.85. The predicted octanol–water partition coefficient (Wildman–Crippen LogP) is 2.20. The second-order valence-corrected chi connectivity index (χ2v) is 2.56. The molecule has 1 heterocycles. The molecule has 0 saturated heterocycles. The van der Waals surface area contributed by atoms with Crippen LogP contribution in [-0.4, -0.2) is 17.1 Å². The SMILES string of the molecule is COc1ccc2cnc(F)nc2c1.Cl. The average Bonchev–Trinajstić information content (AvgIpc) is 2.16. The largest absolute Gasteiger partial charge is 0.497 e. The van der Waals surface area contributed by atoms with E-state index in [-0.39, 0.29) is 12.4 Å². The van der Waals surface area contributed by atoms with Crippen LogP contribution in [0, 0.1) is 6.08 Å². The van der Waals surface area contributed by atoms with Crippen molar-refractivity contribution in [3.8, 4) is 5.75 Å². The lowest BCUT2D eigenvalue weighted by atomic mass is 10.2. The van der Waals surface area contributed by atoms with Gasteiger partial charge >= 0.3 is 6.08 Å². The molecule has 5 heteroatoms. The molecule has 0 radical (unpaired) electrons. The average molecular weight is 215 g/mol. The maximum absolute atomic E-state index is 12.6. The van der Waals surface area contributed by atoms with E-state index in [2.05, 4.69) is 9.97 Å². The summed E-state index contributed by atoms with van der Waals surface area (Å²) in [5.41, 5.74) is 0.548. The number of methoxy groups -OCH3 is 1. The molecule has 0 N–H and O–H groups in total. The summed E-state index contributed by atoms with van der Waals surface area (Å²) in [6, 6.07) is 5.23. The lowest BCUT2D eigenvalue weighted by Gasteiger charge is -2.00. The molecule has 0 saturated carbocycles. The van der Waals surface area contributed by atoms with Crippen molar-refractivity contribution in [3.63, 3.8) is 0 Å². The van der Waals surface area contributed by atoms with Crippen molar-refractivity contribution in [3.05, 3.63) is 30.5 Å². The van der Waals surface area contributed by atoms with Crippen LogP contribution in [0.25, 0.3) is 10.9 Å². The molecule has 0 aliphatic rings. The molecular formula is C9H8ClFN2O. The number of halogens is 2. The zero-order chi connectivity index (χ0) is 9.26. The number of rotatable bonds is 1. The fourth-order valence-electron chi connectivity index (χ4n) is 1.11. The zero-order valence-corrected chi connectivity index (χ0v) is 8.21. The molecular weight excluding hydrogens is 207 g/mol. The summed E-state index contributed by atoms with van der Waals surface area (Å²) < 4.78 is 17.6. The Hall–Kier alpha value is -1.42. The Morgan fingerprint density at radius 3 is 2.86 bits per heavy atom. The minimum atomic E-state index is -0.722. The number of nitrogens with zero attached hydrogens (tertiary/aromatic N) is 2. The number of hydrogen-bond donors (Lipinski definition) is 0. The summed E-state index contributed by atoms with van der Waals surface area (Å²) in [5, 5.41) is 0.794. The van der Waals surface area contributed by atoms with Gasteiger partial charge in [0, 0.05) is 17.6 Å². The van der Waals surface area contributed by atoms with E-state index >= 15 is 0 Å². The quantitative estimate of drug-likeness (QED) is 0.683. The van der Waals surface area contributed by atoms with Gasteiger partial charge in [0.05, 0.1) is 12.6 Å². The van der Waals surface area contributed by atoms with Gasteiger partial charge in [-0.1, -0.05) is 0 Å². The van der Waals surface area contributed by atoms with Crippen LogP contribution in [0.1, 0.15) is 0 Å². The van der Waals surface area contributed by atoms with Gasteiger partial charge in [0.25, 0.3) is 0 Å². The fourth-order valence-corrected chi connectivity index (χ4v) is 1.11. The van der Waals surface area contributed by atoms with Gasteiger partial charge in [-0.15, -0.1) is 12.4 Å². The summed E-state index contributed by atoms with van der Waals surface area (Å²) in [6.45, 7) is 0. The van der Waals surface area contributed by atoms with Gasteiger partial charge in [-0.05, 0) is 12.1 Å². The predicted molar refractivity (Wildman–Crippen MR) is 53.3 cm³/mol. The Balaban J connectivity index is 0.000000980. The smallest absolute Gasteiger partial charge is 0.309 e. The Labute approximate surface area is 86.3 Å². The highest BCUT2D eigenvalue weighted by Crippen LogP contribution is 2.17. The van der Waals surface area contributed by atoms with E-state index in [9.17, 15) is 4.39 Å². The highest BCUT2D eigenvalue weighted by atomic mass is 35.5. The second-order valence-electron chi connectivity index (χ2n) is 2.56. The van der Waals surface area contributed by atoms with Crippen molar-refractivity contribution in [2.24, 2.45) is 0 Å². The molecule has 1 aromatic heterocycles. The molecule has 1 aromatic carbocycles. The fraction of sp³-hybridized carbons (Fsp3) is 0.111. The van der Waals surface area contributed by atoms with Crippen molar-refractivity contribution in [1.29, 1.82) is 0 Å². The van der Waals surface area contributed by atoms with Crippen LogP contribution < -0.4 is 4.74 Å². The summed E-state index contributed by atoms with van der Waals surface area (Å²) in [6.07, 6.45) is 0.720. The van der Waals surface area contributed by atoms with Crippen LogP contribution in [0.2, 0.25) is 0 Å². The summed E-state index contributed by atoms with van der Waals surface area (Å²) in [4.78, 5) is 7.07. The maximum atomic E-state index is 12.6. The zero-order valence-electron chi connectivity index (χ0n) is 7.40. The molecule has 14 heavy (non-hydrogen) atoms. The Morgan fingerprint density at radius 2 is 2.14 bits per heavy atom. The maximum Gasteiger partial charge on any atom is 0.309 e. The molecule has 2 rings (SSSR count). The lowest BCUT2D eigenvalue weighted by Crippen LogP contribution is -1.89. The first kappa shape index (κ1) is 10.7. The van der Waals surface area contributed by atoms with Crippen LogP contribution in [0.4, 0.5) is 4.39 Å². The van der Waals surface area contributed by atoms with Crippen molar-refractivity contribution >= 4 is 23.3 Å². The van der Waals surface area contributed by atoms with Crippen molar-refractivity contribution < 1.29 is 9.13 Å². The number of ether oxygens (including phenoxy) is 1. The molecule has 0 amide bonds. The third kappa shape index (κ3) is 1.90. The van der Waals surface area contributed by atoms with Crippen molar-refractivity contribution in [1.82, 2.24) is 9.97 Å². The molecule has 0 atom stereocenters. The Morgan fingerprint density at radius 1 is 1.36 bits per heavy atom. The minimum absolute atomic E-state index is 0. The van der Waals surface area contributed by atoms with E-state index in [1.807, 2.05) is 0 Å². The first-order valence-electron chi connectivity index (χ1n) is 3.76. The van der Waals surface area contributed by atoms with E-state index in [0.29, 0.717) is 11.3 Å². The first-order chi connectivity index (χ1) is 6.29. The van der Waals surface area contributed by atoms with Crippen molar-refractivity contribution in [2.45, 2.75) is 0 Å². The molecule has 2 aromatic rings. The van der Waals surface area contributed by atoms with E-state index in [4.69, 9.17) is 4.74 Å². The van der Waals surface area contributed by atoms with Gasteiger partial charge in [-0.2, -0.15) is 4.39 Å². The molecule has 74 valence electrons. The minimum Gasteiger partial charge on any atom is -0.497 e. The van der Waals surface area contributed by atoms with E-state index < -0.39 is 6.08 Å². The van der Waals surface area contributed by atoms with Crippen LogP contribution in [0.3, 0.4) is 0 Å². The molecule has 0 fully saturated rings. The summed E-state index contributed by atoms with van der Waals surface area (Å²) in [7, 11) is 1.55. The monoisotopic (exact) mass is 214 g/mol. The lowest BCUT2D eigenvalue weighted by molar-refractivity contribution is 0.415. The topological polar surface area (TPSA) is 35.0 Å². The van der Waals surface area contributed by atoms with Gasteiger partial charge < -0.3 is 4.74 Å².